The van der Waals surface area contributed by atoms with Gasteiger partial charge in [-0.1, -0.05) is 0 Å². The average Bonchev–Trinajstić information content (AvgIpc) is 3.22. The molecule has 25 heavy (non-hydrogen) atoms. The third kappa shape index (κ3) is 3.79. The molecule has 1 aromatic carbocycles. The molecule has 0 spiro atoms. The molecule has 130 valence electrons. The molecule has 0 aliphatic carbocycles. The molecule has 0 bridgehead atoms. The number of benzene rings is 1. The van der Waals surface area contributed by atoms with Crippen molar-refractivity contribution in [1.29, 1.82) is 0 Å². The van der Waals surface area contributed by atoms with Crippen molar-refractivity contribution in [3.63, 3.8) is 0 Å². The second-order valence-electron chi connectivity index (χ2n) is 6.23. The predicted molar refractivity (Wildman–Crippen MR) is 98.0 cm³/mol. The van der Waals surface area contributed by atoms with Gasteiger partial charge in [0.1, 0.15) is 11.5 Å². The van der Waals surface area contributed by atoms with Crippen molar-refractivity contribution in [1.82, 2.24) is 15.1 Å². The number of halogens is 1. The molecule has 1 N–H and O–H groups in total. The van der Waals surface area contributed by atoms with E-state index in [1.165, 1.54) is 22.6 Å². The molecule has 4 nitrogen and oxygen atoms in total. The van der Waals surface area contributed by atoms with Gasteiger partial charge in [0.25, 0.3) is 5.91 Å². The molecule has 3 aromatic rings. The van der Waals surface area contributed by atoms with E-state index in [2.05, 4.69) is 23.2 Å². The van der Waals surface area contributed by atoms with Gasteiger partial charge in [-0.3, -0.25) is 9.89 Å². The lowest BCUT2D eigenvalue weighted by atomic mass is 10.1. The maximum absolute atomic E-state index is 13.1. The third-order valence-corrected chi connectivity index (χ3v) is 5.12. The third-order valence-electron chi connectivity index (χ3n) is 4.11. The number of aryl methyl sites for hydroxylation is 1. The molecule has 0 unspecified atom stereocenters. The Morgan fingerprint density at radius 3 is 2.60 bits per heavy atom. The minimum atomic E-state index is -0.298. The zero-order valence-corrected chi connectivity index (χ0v) is 15.2. The largest absolute Gasteiger partial charge is 0.330 e. The van der Waals surface area contributed by atoms with Crippen LogP contribution in [0.3, 0.4) is 0 Å². The number of hydrogen-bond acceptors (Lipinski definition) is 3. The number of carbonyl (C=O) groups is 1. The van der Waals surface area contributed by atoms with Crippen molar-refractivity contribution < 1.29 is 9.18 Å². The standard InChI is InChI=1S/C19H20FN3OS/c1-12(2)23(11-18-13(3)8-9-25-18)19(24)17-10-16(21-22-17)14-4-6-15(20)7-5-14/h4-10,12H,11H2,1-3H3,(H,21,22). The summed E-state index contributed by atoms with van der Waals surface area (Å²) in [5.41, 5.74) is 3.02. The number of aromatic amines is 1. The van der Waals surface area contributed by atoms with E-state index in [4.69, 9.17) is 0 Å². The molecule has 3 rings (SSSR count). The Kier molecular flexibility index (Phi) is 4.99. The summed E-state index contributed by atoms with van der Waals surface area (Å²) in [5, 5.41) is 9.06. The smallest absolute Gasteiger partial charge is 0.272 e. The van der Waals surface area contributed by atoms with Crippen molar-refractivity contribution >= 4 is 17.2 Å². The fraction of sp³-hybridized carbons (Fsp3) is 0.263. The molecule has 2 aromatic heterocycles. The van der Waals surface area contributed by atoms with Crippen molar-refractivity contribution in [2.45, 2.75) is 33.4 Å². The van der Waals surface area contributed by atoms with E-state index in [1.54, 1.807) is 29.5 Å². The van der Waals surface area contributed by atoms with Gasteiger partial charge in [0, 0.05) is 16.5 Å². The predicted octanol–water partition coefficient (Wildman–Crippen LogP) is 4.64. The Morgan fingerprint density at radius 2 is 2.00 bits per heavy atom. The normalized spacial score (nSPS) is 11.1. The molecule has 0 saturated carbocycles. The topological polar surface area (TPSA) is 49.0 Å². The van der Waals surface area contributed by atoms with Crippen LogP contribution in [-0.2, 0) is 6.54 Å². The van der Waals surface area contributed by atoms with Gasteiger partial charge in [0.2, 0.25) is 0 Å². The minimum Gasteiger partial charge on any atom is -0.330 e. The van der Waals surface area contributed by atoms with E-state index in [9.17, 15) is 9.18 Å². The number of amides is 1. The zero-order valence-electron chi connectivity index (χ0n) is 14.4. The van der Waals surface area contributed by atoms with Crippen LogP contribution in [0.4, 0.5) is 4.39 Å². The summed E-state index contributed by atoms with van der Waals surface area (Å²) in [5.74, 6) is -0.392. The highest BCUT2D eigenvalue weighted by atomic mass is 32.1. The van der Waals surface area contributed by atoms with Crippen molar-refractivity contribution in [2.24, 2.45) is 0 Å². The number of aromatic nitrogens is 2. The average molecular weight is 357 g/mol. The first-order valence-electron chi connectivity index (χ1n) is 8.11. The van der Waals surface area contributed by atoms with Gasteiger partial charge < -0.3 is 4.90 Å². The van der Waals surface area contributed by atoms with Gasteiger partial charge in [-0.05, 0) is 68.1 Å². The summed E-state index contributed by atoms with van der Waals surface area (Å²) in [6, 6.07) is 9.89. The lowest BCUT2D eigenvalue weighted by Crippen LogP contribution is -2.36. The maximum Gasteiger partial charge on any atom is 0.272 e. The molecule has 0 aliphatic rings. The molecule has 0 fully saturated rings. The Morgan fingerprint density at radius 1 is 1.28 bits per heavy atom. The SMILES string of the molecule is Cc1ccsc1CN(C(=O)c1cc(-c2ccc(F)cc2)n[nH]1)C(C)C. The van der Waals surface area contributed by atoms with E-state index in [0.29, 0.717) is 17.9 Å². The van der Waals surface area contributed by atoms with E-state index >= 15 is 0 Å². The van der Waals surface area contributed by atoms with Crippen LogP contribution in [0.25, 0.3) is 11.3 Å². The Hall–Kier alpha value is -2.47. The van der Waals surface area contributed by atoms with Gasteiger partial charge in [-0.15, -0.1) is 11.3 Å². The van der Waals surface area contributed by atoms with Crippen molar-refractivity contribution in [3.8, 4) is 11.3 Å². The van der Waals surface area contributed by atoms with Crippen LogP contribution < -0.4 is 0 Å². The summed E-state index contributed by atoms with van der Waals surface area (Å²) in [6.07, 6.45) is 0. The van der Waals surface area contributed by atoms with E-state index in [-0.39, 0.29) is 17.8 Å². The Bertz CT molecular complexity index is 867. The molecule has 0 saturated heterocycles. The summed E-state index contributed by atoms with van der Waals surface area (Å²) in [4.78, 5) is 15.9. The minimum absolute atomic E-state index is 0.0616. The number of rotatable bonds is 5. The highest BCUT2D eigenvalue weighted by Gasteiger charge is 2.22. The number of hydrogen-bond donors (Lipinski definition) is 1. The lowest BCUT2D eigenvalue weighted by Gasteiger charge is -2.26. The van der Waals surface area contributed by atoms with Crippen LogP contribution >= 0.6 is 11.3 Å². The van der Waals surface area contributed by atoms with Crippen LogP contribution in [-0.4, -0.2) is 27.0 Å². The second-order valence-corrected chi connectivity index (χ2v) is 7.23. The summed E-state index contributed by atoms with van der Waals surface area (Å²) < 4.78 is 13.1. The van der Waals surface area contributed by atoms with Crippen LogP contribution in [0.5, 0.6) is 0 Å². The summed E-state index contributed by atoms with van der Waals surface area (Å²) in [6.45, 7) is 6.62. The molecule has 0 radical (unpaired) electrons. The molecule has 0 aliphatic heterocycles. The van der Waals surface area contributed by atoms with Gasteiger partial charge in [0.05, 0.1) is 12.2 Å². The lowest BCUT2D eigenvalue weighted by molar-refractivity contribution is 0.0686. The highest BCUT2D eigenvalue weighted by molar-refractivity contribution is 7.10. The van der Waals surface area contributed by atoms with Crippen molar-refractivity contribution in [3.05, 3.63) is 63.7 Å². The fourth-order valence-corrected chi connectivity index (χ4v) is 3.47. The second kappa shape index (κ2) is 7.19. The molecule has 0 atom stereocenters. The van der Waals surface area contributed by atoms with Crippen LogP contribution in [0.2, 0.25) is 0 Å². The van der Waals surface area contributed by atoms with Crippen LogP contribution in [0.15, 0.2) is 41.8 Å². The van der Waals surface area contributed by atoms with E-state index in [0.717, 1.165) is 5.56 Å². The highest BCUT2D eigenvalue weighted by Crippen LogP contribution is 2.22. The first-order chi connectivity index (χ1) is 12.0. The van der Waals surface area contributed by atoms with Gasteiger partial charge in [0.15, 0.2) is 0 Å². The number of nitrogens with zero attached hydrogens (tertiary/aromatic N) is 2. The molecule has 1 amide bonds. The monoisotopic (exact) mass is 357 g/mol. The molecular formula is C19H20FN3OS. The Labute approximate surface area is 150 Å². The molecular weight excluding hydrogens is 337 g/mol. The molecule has 6 heteroatoms. The van der Waals surface area contributed by atoms with Crippen LogP contribution in [0.1, 0.15) is 34.8 Å². The van der Waals surface area contributed by atoms with Crippen molar-refractivity contribution in [2.75, 3.05) is 0 Å². The van der Waals surface area contributed by atoms with Crippen LogP contribution in [0, 0.1) is 12.7 Å². The fourth-order valence-electron chi connectivity index (χ4n) is 2.56. The Balaban J connectivity index is 1.83. The van der Waals surface area contributed by atoms with E-state index in [1.807, 2.05) is 24.1 Å². The van der Waals surface area contributed by atoms with E-state index < -0.39 is 0 Å². The number of thiophene rings is 1. The summed E-state index contributed by atoms with van der Waals surface area (Å²) >= 11 is 1.66. The maximum atomic E-state index is 13.1. The quantitative estimate of drug-likeness (QED) is 0.723. The van der Waals surface area contributed by atoms with Gasteiger partial charge in [-0.2, -0.15) is 5.10 Å². The first kappa shape index (κ1) is 17.4. The number of nitrogens with one attached hydrogen (secondary N) is 1. The molecule has 2 heterocycles. The number of carbonyl (C=O) groups excluding carboxylic acids is 1. The van der Waals surface area contributed by atoms with Gasteiger partial charge in [-0.25, -0.2) is 4.39 Å². The number of H-pyrrole nitrogens is 1. The summed E-state index contributed by atoms with van der Waals surface area (Å²) in [7, 11) is 0. The van der Waals surface area contributed by atoms with Gasteiger partial charge >= 0.3 is 0 Å². The zero-order chi connectivity index (χ0) is 18.0. The first-order valence-corrected chi connectivity index (χ1v) is 8.99.